The molecule has 4 rings (SSSR count). The van der Waals surface area contributed by atoms with Crippen LogP contribution in [-0.4, -0.2) is 27.1 Å². The summed E-state index contributed by atoms with van der Waals surface area (Å²) >= 11 is 0.417. The number of benzene rings is 3. The van der Waals surface area contributed by atoms with E-state index in [1.807, 2.05) is 0 Å². The summed E-state index contributed by atoms with van der Waals surface area (Å²) in [5.41, 5.74) is -3.02. The van der Waals surface area contributed by atoms with Crippen molar-refractivity contribution < 1.29 is 50.6 Å². The number of ether oxygens (including phenoxy) is 1. The highest BCUT2D eigenvalue weighted by molar-refractivity contribution is 8.18. The zero-order chi connectivity index (χ0) is 29.2. The van der Waals surface area contributed by atoms with E-state index in [1.54, 1.807) is 30.3 Å². The van der Waals surface area contributed by atoms with Crippen molar-refractivity contribution in [2.75, 3.05) is 0 Å². The van der Waals surface area contributed by atoms with Crippen LogP contribution in [0.15, 0.2) is 71.6 Å². The summed E-state index contributed by atoms with van der Waals surface area (Å²) < 4.78 is 84.3. The SMILES string of the molecule is O=C(OCc1ccccc1)c1cc(/C=C2/SC(=O)N(Cc3cc(C(F)(F)F)cc(C(F)(F)F)c3)C2=O)ccc1O. The van der Waals surface area contributed by atoms with Crippen LogP contribution in [0.5, 0.6) is 5.75 Å². The predicted molar refractivity (Wildman–Crippen MR) is 132 cm³/mol. The average Bonchev–Trinajstić information content (AvgIpc) is 3.15. The van der Waals surface area contributed by atoms with Gasteiger partial charge < -0.3 is 9.84 Å². The number of imide groups is 1. The third kappa shape index (κ3) is 6.65. The second-order valence-electron chi connectivity index (χ2n) is 8.52. The Morgan fingerprint density at radius 2 is 1.50 bits per heavy atom. The number of amides is 2. The highest BCUT2D eigenvalue weighted by Crippen LogP contribution is 2.38. The van der Waals surface area contributed by atoms with E-state index < -0.39 is 58.5 Å². The first-order chi connectivity index (χ1) is 18.7. The van der Waals surface area contributed by atoms with Gasteiger partial charge in [-0.15, -0.1) is 0 Å². The van der Waals surface area contributed by atoms with Gasteiger partial charge in [-0.2, -0.15) is 26.3 Å². The van der Waals surface area contributed by atoms with Gasteiger partial charge in [0.15, 0.2) is 0 Å². The highest BCUT2D eigenvalue weighted by Gasteiger charge is 2.39. The first-order valence-corrected chi connectivity index (χ1v) is 12.1. The molecule has 0 aromatic heterocycles. The summed E-state index contributed by atoms with van der Waals surface area (Å²) in [5.74, 6) is -2.23. The van der Waals surface area contributed by atoms with Crippen LogP contribution in [0.2, 0.25) is 0 Å². The fourth-order valence-corrected chi connectivity index (χ4v) is 4.53. The number of aromatic hydroxyl groups is 1. The maximum absolute atomic E-state index is 13.2. The summed E-state index contributed by atoms with van der Waals surface area (Å²) in [4.78, 5) is 38.2. The second kappa shape index (κ2) is 11.1. The molecule has 1 heterocycles. The van der Waals surface area contributed by atoms with Crippen molar-refractivity contribution >= 4 is 35.0 Å². The van der Waals surface area contributed by atoms with Crippen LogP contribution in [-0.2, 0) is 35.0 Å². The molecule has 1 aliphatic heterocycles. The highest BCUT2D eigenvalue weighted by atomic mass is 32.2. The number of esters is 1. The Morgan fingerprint density at radius 3 is 2.10 bits per heavy atom. The van der Waals surface area contributed by atoms with Crippen LogP contribution in [0, 0.1) is 0 Å². The Bertz CT molecular complexity index is 1470. The Hall–Kier alpha value is -4.26. The molecule has 1 aliphatic rings. The molecule has 3 aromatic carbocycles. The predicted octanol–water partition coefficient (Wildman–Crippen LogP) is 7.02. The van der Waals surface area contributed by atoms with Gasteiger partial charge in [0.25, 0.3) is 11.1 Å². The van der Waals surface area contributed by atoms with Crippen molar-refractivity contribution in [3.63, 3.8) is 0 Å². The molecule has 13 heteroatoms. The molecular formula is C27H17F6NO5S. The minimum absolute atomic E-state index is 0.0511. The number of phenols is 1. The molecule has 1 N–H and O–H groups in total. The van der Waals surface area contributed by atoms with Crippen LogP contribution < -0.4 is 0 Å². The number of phenolic OH excluding ortho intramolecular Hbond substituents is 1. The lowest BCUT2D eigenvalue weighted by molar-refractivity contribution is -0.143. The first kappa shape index (κ1) is 28.7. The number of carbonyl (C=O) groups is 3. The fraction of sp³-hybridized carbons (Fsp3) is 0.148. The van der Waals surface area contributed by atoms with Crippen molar-refractivity contribution in [3.8, 4) is 5.75 Å². The van der Waals surface area contributed by atoms with Gasteiger partial charge >= 0.3 is 18.3 Å². The van der Waals surface area contributed by atoms with E-state index >= 15 is 0 Å². The lowest BCUT2D eigenvalue weighted by Crippen LogP contribution is -2.28. The molecule has 0 radical (unpaired) electrons. The van der Waals surface area contributed by atoms with Crippen LogP contribution in [0.1, 0.15) is 38.2 Å². The van der Waals surface area contributed by atoms with Crippen molar-refractivity contribution in [1.29, 1.82) is 0 Å². The van der Waals surface area contributed by atoms with Gasteiger partial charge in [-0.3, -0.25) is 14.5 Å². The van der Waals surface area contributed by atoms with Gasteiger partial charge in [0.05, 0.1) is 22.6 Å². The fourth-order valence-electron chi connectivity index (χ4n) is 3.69. The van der Waals surface area contributed by atoms with Gasteiger partial charge in [0.2, 0.25) is 0 Å². The number of halogens is 6. The quantitative estimate of drug-likeness (QED) is 0.191. The molecule has 40 heavy (non-hydrogen) atoms. The second-order valence-corrected chi connectivity index (χ2v) is 9.51. The van der Waals surface area contributed by atoms with E-state index in [0.29, 0.717) is 34.4 Å². The molecule has 0 unspecified atom stereocenters. The Balaban J connectivity index is 1.55. The minimum atomic E-state index is -5.09. The smallest absolute Gasteiger partial charge is 0.416 e. The van der Waals surface area contributed by atoms with E-state index in [9.17, 15) is 45.8 Å². The molecule has 0 spiro atoms. The van der Waals surface area contributed by atoms with Gasteiger partial charge in [0, 0.05) is 0 Å². The minimum Gasteiger partial charge on any atom is -0.507 e. The molecule has 0 aliphatic carbocycles. The van der Waals surface area contributed by atoms with Crippen LogP contribution in [0.4, 0.5) is 31.1 Å². The molecule has 1 fully saturated rings. The van der Waals surface area contributed by atoms with Crippen LogP contribution >= 0.6 is 11.8 Å². The lowest BCUT2D eigenvalue weighted by Gasteiger charge is -2.17. The zero-order valence-electron chi connectivity index (χ0n) is 20.0. The Labute approximate surface area is 226 Å². The van der Waals surface area contributed by atoms with E-state index in [4.69, 9.17) is 4.74 Å². The number of hydrogen-bond donors (Lipinski definition) is 1. The third-order valence-electron chi connectivity index (χ3n) is 5.61. The topological polar surface area (TPSA) is 83.9 Å². The van der Waals surface area contributed by atoms with Crippen LogP contribution in [0.25, 0.3) is 6.08 Å². The summed E-state index contributed by atoms with van der Waals surface area (Å²) in [7, 11) is 0. The standard InChI is InChI=1S/C27H17F6NO5S/c28-26(29,30)18-8-17(9-19(12-18)27(31,32)33)13-34-23(36)22(40-25(34)38)11-16-6-7-21(35)20(10-16)24(37)39-14-15-4-2-1-3-5-15/h1-12,35H,13-14H2/b22-11+. The summed E-state index contributed by atoms with van der Waals surface area (Å²) in [6.45, 7) is -0.907. The zero-order valence-corrected chi connectivity index (χ0v) is 20.9. The van der Waals surface area contributed by atoms with Gasteiger partial charge in [-0.1, -0.05) is 36.4 Å². The largest absolute Gasteiger partial charge is 0.507 e. The monoisotopic (exact) mass is 581 g/mol. The Morgan fingerprint density at radius 1 is 0.875 bits per heavy atom. The molecule has 208 valence electrons. The molecule has 1 saturated heterocycles. The molecule has 0 saturated carbocycles. The van der Waals surface area contributed by atoms with E-state index in [2.05, 4.69) is 0 Å². The van der Waals surface area contributed by atoms with Crippen molar-refractivity contribution in [1.82, 2.24) is 4.90 Å². The normalized spacial score (nSPS) is 15.2. The Kier molecular flexibility index (Phi) is 7.96. The molecule has 6 nitrogen and oxygen atoms in total. The number of carbonyl (C=O) groups excluding carboxylic acids is 3. The lowest BCUT2D eigenvalue weighted by atomic mass is 10.0. The summed E-state index contributed by atoms with van der Waals surface area (Å²) in [5, 5.41) is 9.19. The maximum Gasteiger partial charge on any atom is 0.416 e. The molecule has 2 amide bonds. The summed E-state index contributed by atoms with van der Waals surface area (Å²) in [6.07, 6.45) is -8.98. The van der Waals surface area contributed by atoms with Crippen molar-refractivity contribution in [3.05, 3.63) is 105 Å². The third-order valence-corrected chi connectivity index (χ3v) is 6.52. The van der Waals surface area contributed by atoms with Gasteiger partial charge in [-0.25, -0.2) is 4.79 Å². The number of hydrogen-bond acceptors (Lipinski definition) is 6. The summed E-state index contributed by atoms with van der Waals surface area (Å²) in [6, 6.07) is 13.3. The average molecular weight is 581 g/mol. The molecule has 0 bridgehead atoms. The molecule has 0 atom stereocenters. The van der Waals surface area contributed by atoms with Crippen molar-refractivity contribution in [2.24, 2.45) is 0 Å². The number of rotatable bonds is 6. The molecule has 3 aromatic rings. The molecular weight excluding hydrogens is 564 g/mol. The number of nitrogens with zero attached hydrogens (tertiary/aromatic N) is 1. The van der Waals surface area contributed by atoms with Gasteiger partial charge in [0.1, 0.15) is 17.9 Å². The number of alkyl halides is 6. The van der Waals surface area contributed by atoms with E-state index in [1.165, 1.54) is 18.2 Å². The van der Waals surface area contributed by atoms with Crippen molar-refractivity contribution in [2.45, 2.75) is 25.5 Å². The number of thioether (sulfide) groups is 1. The van der Waals surface area contributed by atoms with Crippen LogP contribution in [0.3, 0.4) is 0 Å². The maximum atomic E-state index is 13.2. The van der Waals surface area contributed by atoms with Gasteiger partial charge in [-0.05, 0) is 64.9 Å². The van der Waals surface area contributed by atoms with E-state index in [0.717, 1.165) is 6.07 Å². The first-order valence-electron chi connectivity index (χ1n) is 11.3. The van der Waals surface area contributed by atoms with E-state index in [-0.39, 0.29) is 28.7 Å².